The molecule has 2 aromatic carbocycles. The Kier molecular flexibility index (Phi) is 8.45. The normalized spacial score (nSPS) is 19.6. The van der Waals surface area contributed by atoms with Crippen LogP contribution in [0.2, 0.25) is 0 Å². The third-order valence-electron chi connectivity index (χ3n) is 6.00. The molecule has 5 nitrogen and oxygen atoms in total. The van der Waals surface area contributed by atoms with E-state index in [4.69, 9.17) is 0 Å². The first-order chi connectivity index (χ1) is 14.6. The Bertz CT molecular complexity index is 795. The van der Waals surface area contributed by atoms with Crippen molar-refractivity contribution in [2.24, 2.45) is 0 Å². The molecule has 1 heterocycles. The Balaban J connectivity index is 1.55. The molecule has 0 aromatic heterocycles. The highest BCUT2D eigenvalue weighted by Gasteiger charge is 2.23. The maximum atomic E-state index is 12.9. The van der Waals surface area contributed by atoms with Crippen molar-refractivity contribution in [3.8, 4) is 0 Å². The van der Waals surface area contributed by atoms with Gasteiger partial charge >= 0.3 is 0 Å². The number of hydrogen-bond donors (Lipinski definition) is 3. The zero-order chi connectivity index (χ0) is 21.2. The minimum Gasteiger partial charge on any atom is -0.354 e. The molecule has 0 saturated carbocycles. The lowest BCUT2D eigenvalue weighted by molar-refractivity contribution is -0.928. The summed E-state index contributed by atoms with van der Waals surface area (Å²) in [5, 5.41) is 5.97. The molecule has 30 heavy (non-hydrogen) atoms. The summed E-state index contributed by atoms with van der Waals surface area (Å²) < 4.78 is 0. The average Bonchev–Trinajstić information content (AvgIpc) is 2.78. The van der Waals surface area contributed by atoms with Crippen LogP contribution in [0.15, 0.2) is 60.7 Å². The molecule has 0 bridgehead atoms. The van der Waals surface area contributed by atoms with E-state index in [0.29, 0.717) is 24.6 Å². The fourth-order valence-electron chi connectivity index (χ4n) is 4.16. The first kappa shape index (κ1) is 22.0. The van der Waals surface area contributed by atoms with Crippen LogP contribution in [0.3, 0.4) is 0 Å². The van der Waals surface area contributed by atoms with Crippen molar-refractivity contribution in [3.05, 3.63) is 71.8 Å². The maximum Gasteiger partial charge on any atom is 0.251 e. The first-order valence-corrected chi connectivity index (χ1v) is 11.2. The largest absolute Gasteiger partial charge is 0.354 e. The number of piperidine rings is 1. The monoisotopic (exact) mass is 408 g/mol. The molecule has 5 heteroatoms. The summed E-state index contributed by atoms with van der Waals surface area (Å²) >= 11 is 0. The van der Waals surface area contributed by atoms with Gasteiger partial charge in [0.05, 0.1) is 19.1 Å². The van der Waals surface area contributed by atoms with Crippen molar-refractivity contribution in [1.82, 2.24) is 10.6 Å². The minimum absolute atomic E-state index is 0.121. The Morgan fingerprint density at radius 3 is 2.43 bits per heavy atom. The van der Waals surface area contributed by atoms with Crippen molar-refractivity contribution >= 4 is 11.8 Å². The van der Waals surface area contributed by atoms with Gasteiger partial charge in [0, 0.05) is 24.9 Å². The number of nitrogens with one attached hydrogen (secondary N) is 3. The highest BCUT2D eigenvalue weighted by Crippen LogP contribution is 2.06. The molecule has 2 aromatic rings. The van der Waals surface area contributed by atoms with Gasteiger partial charge in [0.2, 0.25) is 5.91 Å². The standard InChI is InChI=1S/C25H33N3O2/c1-20-11-8-9-17-28(20)18-10-16-26-25(30)23(19-21-12-4-2-5-13-21)27-24(29)22-14-6-3-7-15-22/h2-7,12-15,20,23H,8-11,16-19H2,1H3,(H,26,30)(H,27,29)/p+1/t20-,23+/m0/s1. The number of amides is 2. The van der Waals surface area contributed by atoms with Crippen molar-refractivity contribution < 1.29 is 14.5 Å². The molecular weight excluding hydrogens is 374 g/mol. The zero-order valence-corrected chi connectivity index (χ0v) is 17.9. The summed E-state index contributed by atoms with van der Waals surface area (Å²) in [6.45, 7) is 5.28. The van der Waals surface area contributed by atoms with Gasteiger partial charge < -0.3 is 15.5 Å². The van der Waals surface area contributed by atoms with Gasteiger partial charge in [-0.2, -0.15) is 0 Å². The summed E-state index contributed by atoms with van der Waals surface area (Å²) in [6, 6.07) is 19.0. The lowest BCUT2D eigenvalue weighted by Gasteiger charge is -2.30. The topological polar surface area (TPSA) is 62.6 Å². The quantitative estimate of drug-likeness (QED) is 0.556. The number of benzene rings is 2. The van der Waals surface area contributed by atoms with Crippen LogP contribution in [0.4, 0.5) is 0 Å². The van der Waals surface area contributed by atoms with E-state index in [1.807, 2.05) is 48.5 Å². The second-order valence-electron chi connectivity index (χ2n) is 8.28. The van der Waals surface area contributed by atoms with Gasteiger partial charge in [0.25, 0.3) is 5.91 Å². The van der Waals surface area contributed by atoms with E-state index in [1.54, 1.807) is 17.0 Å². The van der Waals surface area contributed by atoms with Crippen LogP contribution in [0.1, 0.15) is 48.5 Å². The summed E-state index contributed by atoms with van der Waals surface area (Å²) in [5.41, 5.74) is 1.59. The summed E-state index contributed by atoms with van der Waals surface area (Å²) in [7, 11) is 0. The summed E-state index contributed by atoms with van der Waals surface area (Å²) in [6.07, 6.45) is 5.36. The smallest absolute Gasteiger partial charge is 0.251 e. The maximum absolute atomic E-state index is 12.9. The highest BCUT2D eigenvalue weighted by atomic mass is 16.2. The van der Waals surface area contributed by atoms with E-state index in [1.165, 1.54) is 25.8 Å². The molecule has 2 amide bonds. The predicted molar refractivity (Wildman–Crippen MR) is 119 cm³/mol. The van der Waals surface area contributed by atoms with Crippen molar-refractivity contribution in [2.45, 2.75) is 51.1 Å². The molecule has 3 N–H and O–H groups in total. The lowest BCUT2D eigenvalue weighted by atomic mass is 10.0. The second kappa shape index (κ2) is 11.5. The molecule has 160 valence electrons. The minimum atomic E-state index is -0.596. The van der Waals surface area contributed by atoms with Gasteiger partial charge in [-0.05, 0) is 43.9 Å². The van der Waals surface area contributed by atoms with Crippen molar-refractivity contribution in [1.29, 1.82) is 0 Å². The lowest BCUT2D eigenvalue weighted by Crippen LogP contribution is -3.16. The number of carbonyl (C=O) groups excluding carboxylic acids is 2. The number of carbonyl (C=O) groups is 2. The summed E-state index contributed by atoms with van der Waals surface area (Å²) in [4.78, 5) is 27.2. The molecule has 1 aliphatic heterocycles. The van der Waals surface area contributed by atoms with Gasteiger partial charge in [-0.25, -0.2) is 0 Å². The predicted octanol–water partition coefficient (Wildman–Crippen LogP) is 1.99. The van der Waals surface area contributed by atoms with E-state index in [9.17, 15) is 9.59 Å². The Labute approximate surface area is 179 Å². The first-order valence-electron chi connectivity index (χ1n) is 11.2. The van der Waals surface area contributed by atoms with E-state index >= 15 is 0 Å². The molecule has 0 radical (unpaired) electrons. The van der Waals surface area contributed by atoms with Gasteiger partial charge in [0.15, 0.2) is 0 Å². The van der Waals surface area contributed by atoms with Gasteiger partial charge in [0.1, 0.15) is 6.04 Å². The van der Waals surface area contributed by atoms with Gasteiger partial charge in [-0.1, -0.05) is 48.5 Å². The third kappa shape index (κ3) is 6.70. The van der Waals surface area contributed by atoms with E-state index in [-0.39, 0.29) is 11.8 Å². The molecule has 3 rings (SSSR count). The van der Waals surface area contributed by atoms with Crippen LogP contribution in [-0.2, 0) is 11.2 Å². The third-order valence-corrected chi connectivity index (χ3v) is 6.00. The van der Waals surface area contributed by atoms with Crippen LogP contribution in [0.25, 0.3) is 0 Å². The van der Waals surface area contributed by atoms with Crippen LogP contribution in [0, 0.1) is 0 Å². The van der Waals surface area contributed by atoms with Crippen molar-refractivity contribution in [2.75, 3.05) is 19.6 Å². The number of likely N-dealkylation sites (tertiary alicyclic amines) is 1. The summed E-state index contributed by atoms with van der Waals surface area (Å²) in [5.74, 6) is -0.344. The SMILES string of the molecule is C[C@H]1CCCC[NH+]1CCCNC(=O)[C@@H](Cc1ccccc1)NC(=O)c1ccccc1. The van der Waals surface area contributed by atoms with Crippen LogP contribution < -0.4 is 15.5 Å². The molecular formula is C25H34N3O2+. The van der Waals surface area contributed by atoms with E-state index in [0.717, 1.165) is 18.5 Å². The molecule has 1 aliphatic rings. The van der Waals surface area contributed by atoms with E-state index in [2.05, 4.69) is 17.6 Å². The van der Waals surface area contributed by atoms with E-state index < -0.39 is 6.04 Å². The van der Waals surface area contributed by atoms with Crippen LogP contribution in [-0.4, -0.2) is 43.5 Å². The highest BCUT2D eigenvalue weighted by molar-refractivity contribution is 5.97. The molecule has 1 fully saturated rings. The average molecular weight is 409 g/mol. The number of rotatable bonds is 9. The van der Waals surface area contributed by atoms with Crippen LogP contribution in [0.5, 0.6) is 0 Å². The number of hydrogen-bond acceptors (Lipinski definition) is 2. The Morgan fingerprint density at radius 1 is 1.03 bits per heavy atom. The van der Waals surface area contributed by atoms with Crippen molar-refractivity contribution in [3.63, 3.8) is 0 Å². The van der Waals surface area contributed by atoms with Crippen LogP contribution >= 0.6 is 0 Å². The van der Waals surface area contributed by atoms with Gasteiger partial charge in [-0.3, -0.25) is 9.59 Å². The Morgan fingerprint density at radius 2 is 1.73 bits per heavy atom. The fraction of sp³-hybridized carbons (Fsp3) is 0.440. The second-order valence-corrected chi connectivity index (χ2v) is 8.28. The molecule has 0 spiro atoms. The number of quaternary nitrogens is 1. The molecule has 0 aliphatic carbocycles. The Hall–Kier alpha value is -2.66. The zero-order valence-electron chi connectivity index (χ0n) is 17.9. The fourth-order valence-corrected chi connectivity index (χ4v) is 4.16. The molecule has 1 unspecified atom stereocenters. The van der Waals surface area contributed by atoms with Gasteiger partial charge in [-0.15, -0.1) is 0 Å². The molecule has 3 atom stereocenters. The molecule has 1 saturated heterocycles.